The van der Waals surface area contributed by atoms with E-state index in [2.05, 4.69) is 32.2 Å². The molecule has 2 saturated heterocycles. The lowest BCUT2D eigenvalue weighted by Crippen LogP contribution is -2.56. The van der Waals surface area contributed by atoms with Gasteiger partial charge in [-0.15, -0.1) is 0 Å². The van der Waals surface area contributed by atoms with Gasteiger partial charge in [0.1, 0.15) is 11.9 Å². The second-order valence-electron chi connectivity index (χ2n) is 10.8. The van der Waals surface area contributed by atoms with Crippen LogP contribution in [-0.4, -0.2) is 65.0 Å². The minimum Gasteiger partial charge on any atom is -0.468 e. The van der Waals surface area contributed by atoms with Crippen LogP contribution in [0, 0.1) is 5.82 Å². The van der Waals surface area contributed by atoms with Gasteiger partial charge in [-0.05, 0) is 48.6 Å². The molecule has 38 heavy (non-hydrogen) atoms. The van der Waals surface area contributed by atoms with Gasteiger partial charge in [0.2, 0.25) is 5.91 Å². The molecule has 1 amide bonds. The maximum Gasteiger partial charge on any atom is 0.323 e. The van der Waals surface area contributed by atoms with Crippen molar-refractivity contribution in [3.8, 4) is 0 Å². The summed E-state index contributed by atoms with van der Waals surface area (Å²) >= 11 is 6.05. The van der Waals surface area contributed by atoms with Gasteiger partial charge in [-0.1, -0.05) is 35.9 Å². The van der Waals surface area contributed by atoms with Crippen LogP contribution in [0.15, 0.2) is 42.5 Å². The third-order valence-electron chi connectivity index (χ3n) is 8.59. The fraction of sp³-hybridized carbons (Fsp3) is 0.448. The Labute approximate surface area is 226 Å². The summed E-state index contributed by atoms with van der Waals surface area (Å²) in [6.07, 6.45) is 2.96. The molecule has 200 valence electrons. The first-order valence-corrected chi connectivity index (χ1v) is 13.6. The highest BCUT2D eigenvalue weighted by atomic mass is 35.5. The van der Waals surface area contributed by atoms with Gasteiger partial charge in [-0.25, -0.2) is 4.39 Å². The van der Waals surface area contributed by atoms with Gasteiger partial charge in [-0.2, -0.15) is 0 Å². The Hall–Kier alpha value is -2.94. The molecule has 0 saturated carbocycles. The molecule has 9 heteroatoms. The van der Waals surface area contributed by atoms with E-state index in [1.165, 1.54) is 13.2 Å². The number of hydrogen-bond donors (Lipinski definition) is 2. The number of ether oxygens (including phenoxy) is 1. The number of carbonyl (C=O) groups is 2. The zero-order valence-electron chi connectivity index (χ0n) is 21.5. The standard InChI is InChI=1S/C29H32ClFN4O3/c1-16(36)32-18-9-10-34(15-18)19-12-25(17-7-8-22(30)23(31)11-17)35-26(13-19)28-21(14-27(35)29(37)38-2)20-5-3-4-6-24(20)33-28/h3-8,11,18-19,25-27,33H,9-10,12-15H2,1-2H3,(H,32,36)/t18-,19-,25-,26+,27-/m0/s1. The van der Waals surface area contributed by atoms with Crippen molar-refractivity contribution in [3.63, 3.8) is 0 Å². The number of esters is 1. The van der Waals surface area contributed by atoms with E-state index in [-0.39, 0.29) is 41.1 Å². The number of halogens is 2. The predicted octanol–water partition coefficient (Wildman–Crippen LogP) is 4.52. The van der Waals surface area contributed by atoms with Gasteiger partial charge in [0.15, 0.2) is 0 Å². The number of para-hydroxylation sites is 1. The summed E-state index contributed by atoms with van der Waals surface area (Å²) in [5, 5.41) is 4.27. The van der Waals surface area contributed by atoms with E-state index < -0.39 is 11.9 Å². The van der Waals surface area contributed by atoms with Gasteiger partial charge >= 0.3 is 5.97 Å². The zero-order chi connectivity index (χ0) is 26.6. The van der Waals surface area contributed by atoms with E-state index in [0.29, 0.717) is 6.42 Å². The zero-order valence-corrected chi connectivity index (χ0v) is 22.3. The second kappa shape index (κ2) is 9.98. The molecule has 0 bridgehead atoms. The summed E-state index contributed by atoms with van der Waals surface area (Å²) < 4.78 is 20.0. The molecule has 3 aliphatic heterocycles. The molecular formula is C29H32ClFN4O3. The van der Waals surface area contributed by atoms with Crippen molar-refractivity contribution >= 4 is 34.4 Å². The maximum absolute atomic E-state index is 14.7. The van der Waals surface area contributed by atoms with Crippen molar-refractivity contribution in [2.24, 2.45) is 0 Å². The number of benzene rings is 2. The van der Waals surface area contributed by atoms with Crippen LogP contribution in [0.4, 0.5) is 4.39 Å². The van der Waals surface area contributed by atoms with Crippen LogP contribution < -0.4 is 5.32 Å². The molecule has 4 heterocycles. The Morgan fingerprint density at radius 3 is 2.71 bits per heavy atom. The smallest absolute Gasteiger partial charge is 0.323 e. The molecule has 2 N–H and O–H groups in total. The Morgan fingerprint density at radius 2 is 1.95 bits per heavy atom. The monoisotopic (exact) mass is 538 g/mol. The molecule has 3 aromatic rings. The van der Waals surface area contributed by atoms with Gasteiger partial charge < -0.3 is 15.0 Å². The molecule has 0 unspecified atom stereocenters. The van der Waals surface area contributed by atoms with E-state index >= 15 is 0 Å². The van der Waals surface area contributed by atoms with E-state index in [4.69, 9.17) is 16.3 Å². The maximum atomic E-state index is 14.7. The number of carbonyl (C=O) groups excluding carboxylic acids is 2. The fourth-order valence-corrected chi connectivity index (χ4v) is 7.11. The Kier molecular flexibility index (Phi) is 6.66. The van der Waals surface area contributed by atoms with E-state index in [1.807, 2.05) is 18.2 Å². The molecule has 0 aliphatic carbocycles. The summed E-state index contributed by atoms with van der Waals surface area (Å²) in [6, 6.07) is 12.7. The average Bonchev–Trinajstić information content (AvgIpc) is 3.53. The number of fused-ring (bicyclic) bond motifs is 5. The quantitative estimate of drug-likeness (QED) is 0.478. The van der Waals surface area contributed by atoms with E-state index in [9.17, 15) is 14.0 Å². The van der Waals surface area contributed by atoms with Crippen molar-refractivity contribution in [2.45, 2.75) is 62.8 Å². The van der Waals surface area contributed by atoms with Crippen LogP contribution >= 0.6 is 11.6 Å². The predicted molar refractivity (Wildman–Crippen MR) is 143 cm³/mol. The Balaban J connectivity index is 1.45. The number of piperidine rings is 1. The third kappa shape index (κ3) is 4.38. The van der Waals surface area contributed by atoms with Crippen LogP contribution in [-0.2, 0) is 20.7 Å². The van der Waals surface area contributed by atoms with Crippen molar-refractivity contribution in [1.29, 1.82) is 0 Å². The minimum atomic E-state index is -0.493. The number of aromatic amines is 1. The molecule has 5 atom stereocenters. The van der Waals surface area contributed by atoms with Crippen molar-refractivity contribution in [2.75, 3.05) is 20.2 Å². The summed E-state index contributed by atoms with van der Waals surface area (Å²) in [4.78, 5) is 33.3. The van der Waals surface area contributed by atoms with Gasteiger partial charge in [0, 0.05) is 61.2 Å². The van der Waals surface area contributed by atoms with Crippen LogP contribution in [0.1, 0.15) is 55.1 Å². The first kappa shape index (κ1) is 25.3. The lowest BCUT2D eigenvalue weighted by molar-refractivity contribution is -0.152. The fourth-order valence-electron chi connectivity index (χ4n) is 6.99. The minimum absolute atomic E-state index is 0.0166. The van der Waals surface area contributed by atoms with E-state index in [1.54, 1.807) is 13.0 Å². The Morgan fingerprint density at radius 1 is 1.16 bits per heavy atom. The van der Waals surface area contributed by atoms with Crippen LogP contribution in [0.25, 0.3) is 10.9 Å². The van der Waals surface area contributed by atoms with Gasteiger partial charge in [0.25, 0.3) is 0 Å². The largest absolute Gasteiger partial charge is 0.468 e. The number of nitrogens with one attached hydrogen (secondary N) is 2. The molecule has 0 spiro atoms. The summed E-state index contributed by atoms with van der Waals surface area (Å²) in [6.45, 7) is 3.21. The molecular weight excluding hydrogens is 507 g/mol. The van der Waals surface area contributed by atoms with Crippen molar-refractivity contribution < 1.29 is 18.7 Å². The highest BCUT2D eigenvalue weighted by Gasteiger charge is 2.49. The summed E-state index contributed by atoms with van der Waals surface area (Å²) in [5.41, 5.74) is 4.11. The molecule has 2 aromatic carbocycles. The van der Waals surface area contributed by atoms with Crippen molar-refractivity contribution in [1.82, 2.24) is 20.1 Å². The molecule has 6 rings (SSSR count). The van der Waals surface area contributed by atoms with Gasteiger partial charge in [-0.3, -0.25) is 19.4 Å². The Bertz CT molecular complexity index is 1390. The molecule has 2 fully saturated rings. The van der Waals surface area contributed by atoms with E-state index in [0.717, 1.165) is 60.1 Å². The molecule has 3 aliphatic rings. The number of aromatic nitrogens is 1. The number of rotatable bonds is 4. The highest BCUT2D eigenvalue weighted by molar-refractivity contribution is 6.30. The molecule has 1 aromatic heterocycles. The SMILES string of the molecule is COC(=O)[C@@H]1Cc2c([nH]c3ccccc23)[C@H]2C[C@@H](N3CC[C@H](NC(C)=O)C3)C[C@@H](c3ccc(Cl)c(F)c3)N21. The summed E-state index contributed by atoms with van der Waals surface area (Å²) in [5.74, 6) is -0.763. The third-order valence-corrected chi connectivity index (χ3v) is 8.90. The number of hydrogen-bond acceptors (Lipinski definition) is 5. The van der Waals surface area contributed by atoms with Crippen LogP contribution in [0.5, 0.6) is 0 Å². The summed E-state index contributed by atoms with van der Waals surface area (Å²) in [7, 11) is 1.43. The molecule has 0 radical (unpaired) electrons. The first-order valence-electron chi connectivity index (χ1n) is 13.2. The number of likely N-dealkylation sites (tertiary alicyclic amines) is 1. The second-order valence-corrected chi connectivity index (χ2v) is 11.2. The first-order chi connectivity index (χ1) is 18.3. The van der Waals surface area contributed by atoms with Gasteiger partial charge in [0.05, 0.1) is 18.2 Å². The topological polar surface area (TPSA) is 77.7 Å². The van der Waals surface area contributed by atoms with Crippen LogP contribution in [0.3, 0.4) is 0 Å². The number of amides is 1. The average molecular weight is 539 g/mol. The number of H-pyrrole nitrogens is 1. The highest BCUT2D eigenvalue weighted by Crippen LogP contribution is 2.50. The normalized spacial score (nSPS) is 27.6. The lowest BCUT2D eigenvalue weighted by Gasteiger charge is -2.52. The molecule has 7 nitrogen and oxygen atoms in total. The number of methoxy groups -OCH3 is 1. The van der Waals surface area contributed by atoms with Crippen LogP contribution in [0.2, 0.25) is 5.02 Å². The number of nitrogens with zero attached hydrogens (tertiary/aromatic N) is 2. The lowest BCUT2D eigenvalue weighted by atomic mass is 9.79. The van der Waals surface area contributed by atoms with Crippen molar-refractivity contribution in [3.05, 3.63) is 70.1 Å².